The topological polar surface area (TPSA) is 104 Å². The van der Waals surface area contributed by atoms with E-state index in [2.05, 4.69) is 41.6 Å². The van der Waals surface area contributed by atoms with E-state index in [-0.39, 0.29) is 36.0 Å². The molecule has 3 heterocycles. The number of aryl methyl sites for hydroxylation is 1. The number of benzene rings is 2. The fourth-order valence-corrected chi connectivity index (χ4v) is 8.81. The second-order valence-electron chi connectivity index (χ2n) is 15.0. The molecular formula is C37H48ClN7O2. The van der Waals surface area contributed by atoms with Crippen molar-refractivity contribution in [2.75, 3.05) is 31.5 Å². The van der Waals surface area contributed by atoms with E-state index in [0.717, 1.165) is 61.8 Å². The number of piperazine rings is 1. The molecule has 2 bridgehead atoms. The zero-order valence-corrected chi connectivity index (χ0v) is 28.8. The molecule has 0 spiro atoms. The molecule has 1 aromatic heterocycles. The summed E-state index contributed by atoms with van der Waals surface area (Å²) < 4.78 is 1.90. The third-order valence-electron chi connectivity index (χ3n) is 11.6. The Hall–Kier alpha value is -3.43. The van der Waals surface area contributed by atoms with E-state index in [9.17, 15) is 9.59 Å². The molecule has 8 rings (SSSR count). The van der Waals surface area contributed by atoms with Crippen LogP contribution in [0.1, 0.15) is 70.7 Å². The summed E-state index contributed by atoms with van der Waals surface area (Å²) in [5, 5.41) is 11.4. The Morgan fingerprint density at radius 1 is 1.09 bits per heavy atom. The third-order valence-corrected chi connectivity index (χ3v) is 11.9. The number of carbonyl (C=O) groups excluding carboxylic acids is 1. The first-order valence-corrected chi connectivity index (χ1v) is 17.8. The molecule has 3 aliphatic carbocycles. The number of carbonyl (C=O) groups is 1. The fraction of sp³-hybridized carbons (Fsp3) is 0.568. The van der Waals surface area contributed by atoms with E-state index in [1.54, 1.807) is 0 Å². The van der Waals surface area contributed by atoms with Crippen molar-refractivity contribution in [3.63, 3.8) is 0 Å². The zero-order valence-electron chi connectivity index (χ0n) is 28.1. The van der Waals surface area contributed by atoms with Crippen LogP contribution in [0.3, 0.4) is 0 Å². The average molecular weight is 658 g/mol. The van der Waals surface area contributed by atoms with Gasteiger partial charge in [-0.2, -0.15) is 0 Å². The standard InChI is InChI=1S/C37H48ClN7O2/c1-22-20-44(21-33(46)40-22)36(43-31-18-26-17-30(23(31)2)37(26,3)4)41-28-9-10-29-32(19-28)42-34(25-11-14-39-15-12-25)45(35(29)47)16-13-24-5-7-27(38)8-6-24/h5-10,19,22-23,25-26,30-31,39H,11-18,20-21H2,1-4H3,(H,40,46)(H,41,43)/t22-,23-,26-,30+,31-/m0/s1. The van der Waals surface area contributed by atoms with Crippen LogP contribution in [-0.4, -0.2) is 64.6 Å². The summed E-state index contributed by atoms with van der Waals surface area (Å²) in [5.41, 5.74) is 3.02. The minimum Gasteiger partial charge on any atom is -0.350 e. The van der Waals surface area contributed by atoms with E-state index < -0.39 is 0 Å². The van der Waals surface area contributed by atoms with Crippen LogP contribution >= 0.6 is 11.6 Å². The van der Waals surface area contributed by atoms with E-state index in [1.807, 2.05) is 54.0 Å². The zero-order chi connectivity index (χ0) is 32.9. The van der Waals surface area contributed by atoms with Crippen molar-refractivity contribution in [3.8, 4) is 0 Å². The van der Waals surface area contributed by atoms with Gasteiger partial charge < -0.3 is 20.9 Å². The van der Waals surface area contributed by atoms with Gasteiger partial charge in [0.2, 0.25) is 5.91 Å². The lowest BCUT2D eigenvalue weighted by molar-refractivity contribution is -0.124. The lowest BCUT2D eigenvalue weighted by Crippen LogP contribution is -2.58. The number of nitrogens with zero attached hydrogens (tertiary/aromatic N) is 4. The predicted octanol–water partition coefficient (Wildman–Crippen LogP) is 5.42. The molecule has 0 radical (unpaired) electrons. The second kappa shape index (κ2) is 12.9. The van der Waals surface area contributed by atoms with Crippen LogP contribution in [0.5, 0.6) is 0 Å². The minimum absolute atomic E-state index is 0.00247. The van der Waals surface area contributed by atoms with Gasteiger partial charge in [0, 0.05) is 35.8 Å². The summed E-state index contributed by atoms with van der Waals surface area (Å²) >= 11 is 6.12. The molecular weight excluding hydrogens is 610 g/mol. The Balaban J connectivity index is 1.22. The molecule has 5 fully saturated rings. The first-order chi connectivity index (χ1) is 22.6. The number of nitrogens with one attached hydrogen (secondary N) is 3. The molecule has 2 aliphatic heterocycles. The Morgan fingerprint density at radius 3 is 2.55 bits per heavy atom. The first kappa shape index (κ1) is 32.1. The number of aliphatic imine (C=N–C) groups is 1. The summed E-state index contributed by atoms with van der Waals surface area (Å²) in [7, 11) is 0. The van der Waals surface area contributed by atoms with Crippen molar-refractivity contribution in [2.24, 2.45) is 28.2 Å². The van der Waals surface area contributed by atoms with Gasteiger partial charge in [0.05, 0.1) is 23.5 Å². The van der Waals surface area contributed by atoms with Gasteiger partial charge in [0.1, 0.15) is 5.82 Å². The molecule has 3 N–H and O–H groups in total. The highest BCUT2D eigenvalue weighted by Crippen LogP contribution is 2.61. The molecule has 3 saturated carbocycles. The number of hydrogen-bond donors (Lipinski definition) is 3. The molecule has 5 atom stereocenters. The summed E-state index contributed by atoms with van der Waals surface area (Å²) in [4.78, 5) is 39.4. The molecule has 1 amide bonds. The highest BCUT2D eigenvalue weighted by atomic mass is 35.5. The second-order valence-corrected chi connectivity index (χ2v) is 15.4. The summed E-state index contributed by atoms with van der Waals surface area (Å²) in [6, 6.07) is 13.9. The number of fused-ring (bicyclic) bond motifs is 3. The highest BCUT2D eigenvalue weighted by molar-refractivity contribution is 6.30. The predicted molar refractivity (Wildman–Crippen MR) is 189 cm³/mol. The molecule has 5 aliphatic rings. The Kier molecular flexibility index (Phi) is 8.81. The van der Waals surface area contributed by atoms with E-state index in [0.29, 0.717) is 52.2 Å². The van der Waals surface area contributed by atoms with Crippen LogP contribution in [0.2, 0.25) is 5.02 Å². The highest BCUT2D eigenvalue weighted by Gasteiger charge is 2.56. The largest absolute Gasteiger partial charge is 0.350 e. The van der Waals surface area contributed by atoms with Crippen LogP contribution in [-0.2, 0) is 17.8 Å². The lowest BCUT2D eigenvalue weighted by atomic mass is 9.45. The van der Waals surface area contributed by atoms with Crippen molar-refractivity contribution < 1.29 is 4.79 Å². The van der Waals surface area contributed by atoms with Crippen LogP contribution in [0.25, 0.3) is 10.9 Å². The Morgan fingerprint density at radius 2 is 1.85 bits per heavy atom. The van der Waals surface area contributed by atoms with Crippen LogP contribution < -0.4 is 21.5 Å². The number of hydrogen-bond acceptors (Lipinski definition) is 5. The summed E-state index contributed by atoms with van der Waals surface area (Å²) in [5.74, 6) is 3.64. The fourth-order valence-electron chi connectivity index (χ4n) is 8.68. The minimum atomic E-state index is -0.00247. The quantitative estimate of drug-likeness (QED) is 0.242. The van der Waals surface area contributed by atoms with Crippen LogP contribution in [0.15, 0.2) is 52.3 Å². The molecule has 10 heteroatoms. The Bertz CT molecular complexity index is 1730. The first-order valence-electron chi connectivity index (χ1n) is 17.5. The van der Waals surface area contributed by atoms with Gasteiger partial charge in [-0.25, -0.2) is 9.98 Å². The van der Waals surface area contributed by atoms with E-state index in [4.69, 9.17) is 21.6 Å². The number of amides is 1. The number of anilines is 1. The van der Waals surface area contributed by atoms with Crippen molar-refractivity contribution in [1.82, 2.24) is 25.1 Å². The number of aromatic nitrogens is 2. The van der Waals surface area contributed by atoms with Gasteiger partial charge >= 0.3 is 0 Å². The van der Waals surface area contributed by atoms with Gasteiger partial charge in [-0.1, -0.05) is 44.5 Å². The number of halogens is 1. The average Bonchev–Trinajstić information content (AvgIpc) is 3.05. The molecule has 47 heavy (non-hydrogen) atoms. The maximum atomic E-state index is 14.1. The number of rotatable bonds is 6. The number of guanidine groups is 1. The lowest BCUT2D eigenvalue weighted by Gasteiger charge is -2.61. The SMILES string of the molecule is C[C@@H]1[C@@H](N=C(Nc2ccc3c(=O)n(CCc4ccc(Cl)cc4)c(C4CCNCC4)nc3c2)N2CC(=O)N[C@@H](C)C2)C[C@@H]2C[C@H]1C2(C)C. The molecule has 2 aromatic carbocycles. The van der Waals surface area contributed by atoms with Crippen molar-refractivity contribution >= 4 is 40.1 Å². The Labute approximate surface area is 282 Å². The molecule has 250 valence electrons. The van der Waals surface area contributed by atoms with Gasteiger partial charge in [-0.3, -0.25) is 14.2 Å². The van der Waals surface area contributed by atoms with Crippen molar-refractivity contribution in [2.45, 2.75) is 84.3 Å². The number of piperidine rings is 1. The normalized spacial score (nSPS) is 27.8. The molecule has 9 nitrogen and oxygen atoms in total. The van der Waals surface area contributed by atoms with Crippen molar-refractivity contribution in [1.29, 1.82) is 0 Å². The molecule has 0 unspecified atom stereocenters. The molecule has 2 saturated heterocycles. The summed E-state index contributed by atoms with van der Waals surface area (Å²) in [6.07, 6.45) is 4.98. The third kappa shape index (κ3) is 6.41. The van der Waals surface area contributed by atoms with E-state index in [1.165, 1.54) is 6.42 Å². The van der Waals surface area contributed by atoms with Crippen LogP contribution in [0.4, 0.5) is 5.69 Å². The van der Waals surface area contributed by atoms with Gasteiger partial charge in [0.15, 0.2) is 5.96 Å². The molecule has 3 aromatic rings. The summed E-state index contributed by atoms with van der Waals surface area (Å²) in [6.45, 7) is 12.5. The smallest absolute Gasteiger partial charge is 0.261 e. The maximum absolute atomic E-state index is 14.1. The van der Waals surface area contributed by atoms with E-state index >= 15 is 0 Å². The maximum Gasteiger partial charge on any atom is 0.261 e. The monoisotopic (exact) mass is 657 g/mol. The van der Waals surface area contributed by atoms with Gasteiger partial charge in [-0.15, -0.1) is 0 Å². The van der Waals surface area contributed by atoms with Gasteiger partial charge in [-0.05, 0) is 111 Å². The van der Waals surface area contributed by atoms with Crippen LogP contribution in [0, 0.1) is 23.2 Å². The van der Waals surface area contributed by atoms with Crippen molar-refractivity contribution in [3.05, 3.63) is 69.2 Å². The van der Waals surface area contributed by atoms with Gasteiger partial charge in [0.25, 0.3) is 5.56 Å².